The van der Waals surface area contributed by atoms with Gasteiger partial charge in [0.15, 0.2) is 0 Å². The van der Waals surface area contributed by atoms with Gasteiger partial charge in [0.25, 0.3) is 0 Å². The fourth-order valence-corrected chi connectivity index (χ4v) is 2.71. The van der Waals surface area contributed by atoms with Crippen molar-refractivity contribution in [1.29, 1.82) is 0 Å². The molecule has 2 rings (SSSR count). The molecule has 0 fully saturated rings. The first-order valence-electron chi connectivity index (χ1n) is 6.32. The number of unbranched alkanes of at least 4 members (excludes halogenated alkanes) is 1. The Labute approximate surface area is 117 Å². The molecule has 1 aromatic carbocycles. The molecular weight excluding hydrogens is 325 g/mol. The van der Waals surface area contributed by atoms with Gasteiger partial charge in [-0.15, -0.1) is 0 Å². The molecular formula is C14H20INO. The van der Waals surface area contributed by atoms with Crippen LogP contribution in [0.5, 0.6) is 5.75 Å². The summed E-state index contributed by atoms with van der Waals surface area (Å²) in [6, 6.07) is 6.46. The summed E-state index contributed by atoms with van der Waals surface area (Å²) in [5.41, 5.74) is 2.69. The van der Waals surface area contributed by atoms with Gasteiger partial charge in [-0.1, -0.05) is 40.3 Å². The van der Waals surface area contributed by atoms with Crippen molar-refractivity contribution in [3.8, 4) is 5.75 Å². The molecule has 1 heterocycles. The first-order chi connectivity index (χ1) is 8.29. The summed E-state index contributed by atoms with van der Waals surface area (Å²) < 4.78 is 7.16. The average Bonchev–Trinajstić information content (AvgIpc) is 2.70. The molecule has 0 bridgehead atoms. The molecule has 2 nitrogen and oxygen atoms in total. The van der Waals surface area contributed by atoms with Crippen LogP contribution in [0, 0.1) is 6.92 Å². The molecule has 0 amide bonds. The smallest absolute Gasteiger partial charge is 0.123 e. The van der Waals surface area contributed by atoms with Crippen molar-refractivity contribution in [2.24, 2.45) is 0 Å². The number of ether oxygens (including phenoxy) is 1. The normalized spacial score (nSPS) is 17.9. The van der Waals surface area contributed by atoms with Gasteiger partial charge in [-0.3, -0.25) is 0 Å². The van der Waals surface area contributed by atoms with Crippen LogP contribution >= 0.6 is 22.6 Å². The maximum atomic E-state index is 5.90. The summed E-state index contributed by atoms with van der Waals surface area (Å²) >= 11 is 2.43. The molecule has 3 heteroatoms. The van der Waals surface area contributed by atoms with E-state index < -0.39 is 0 Å². The Bertz CT molecular complexity index is 367. The van der Waals surface area contributed by atoms with Gasteiger partial charge in [-0.2, -0.15) is 0 Å². The third-order valence-electron chi connectivity index (χ3n) is 3.07. The lowest BCUT2D eigenvalue weighted by Crippen LogP contribution is -2.30. The van der Waals surface area contributed by atoms with E-state index in [1.54, 1.807) is 0 Å². The molecule has 0 aliphatic carbocycles. The lowest BCUT2D eigenvalue weighted by molar-refractivity contribution is 0.227. The summed E-state index contributed by atoms with van der Waals surface area (Å²) in [7, 11) is 0. The van der Waals surface area contributed by atoms with Crippen molar-refractivity contribution in [2.75, 3.05) is 17.5 Å². The number of hydrogen-bond acceptors (Lipinski definition) is 2. The molecule has 1 aliphatic rings. The van der Waals surface area contributed by atoms with Crippen molar-refractivity contribution >= 4 is 22.6 Å². The van der Waals surface area contributed by atoms with Crippen LogP contribution in [0.1, 0.15) is 24.0 Å². The third-order valence-corrected chi connectivity index (χ3v) is 3.83. The maximum absolute atomic E-state index is 5.90. The highest BCUT2D eigenvalue weighted by Crippen LogP contribution is 2.29. The SMILES string of the molecule is Cc1ccc2c(c1)CC(CNCCCCI)O2. The van der Waals surface area contributed by atoms with Crippen LogP contribution in [0.3, 0.4) is 0 Å². The zero-order valence-corrected chi connectivity index (χ0v) is 12.5. The van der Waals surface area contributed by atoms with E-state index in [4.69, 9.17) is 4.74 Å². The van der Waals surface area contributed by atoms with Crippen LogP contribution in [0.4, 0.5) is 0 Å². The summed E-state index contributed by atoms with van der Waals surface area (Å²) in [5.74, 6) is 1.08. The summed E-state index contributed by atoms with van der Waals surface area (Å²) in [5, 5.41) is 3.48. The van der Waals surface area contributed by atoms with E-state index in [-0.39, 0.29) is 0 Å². The highest BCUT2D eigenvalue weighted by Gasteiger charge is 2.21. The zero-order valence-electron chi connectivity index (χ0n) is 10.3. The van der Waals surface area contributed by atoms with E-state index in [1.165, 1.54) is 28.4 Å². The highest BCUT2D eigenvalue weighted by atomic mass is 127. The standard InChI is InChI=1S/C14H20INO/c1-11-4-5-14-12(8-11)9-13(17-14)10-16-7-3-2-6-15/h4-5,8,13,16H,2-3,6-7,9-10H2,1H3. The molecule has 0 saturated heterocycles. The van der Waals surface area contributed by atoms with E-state index in [9.17, 15) is 0 Å². The van der Waals surface area contributed by atoms with E-state index in [0.29, 0.717) is 6.10 Å². The number of fused-ring (bicyclic) bond motifs is 1. The number of hydrogen-bond donors (Lipinski definition) is 1. The lowest BCUT2D eigenvalue weighted by atomic mass is 10.1. The van der Waals surface area contributed by atoms with Crippen molar-refractivity contribution in [3.05, 3.63) is 29.3 Å². The van der Waals surface area contributed by atoms with Crippen LogP contribution in [0.15, 0.2) is 18.2 Å². The fourth-order valence-electron chi connectivity index (χ4n) is 2.17. The predicted molar refractivity (Wildman–Crippen MR) is 80.3 cm³/mol. The van der Waals surface area contributed by atoms with Crippen LogP contribution in [0.25, 0.3) is 0 Å². The second-order valence-corrected chi connectivity index (χ2v) is 5.73. The summed E-state index contributed by atoms with van der Waals surface area (Å²) in [4.78, 5) is 0. The molecule has 17 heavy (non-hydrogen) atoms. The second-order valence-electron chi connectivity index (χ2n) is 4.66. The number of aryl methyl sites for hydroxylation is 1. The first kappa shape index (κ1) is 13.1. The second kappa shape index (κ2) is 6.59. The third kappa shape index (κ3) is 3.85. The van der Waals surface area contributed by atoms with Crippen molar-refractivity contribution in [3.63, 3.8) is 0 Å². The van der Waals surface area contributed by atoms with Crippen molar-refractivity contribution < 1.29 is 4.74 Å². The van der Waals surface area contributed by atoms with E-state index in [0.717, 1.165) is 25.3 Å². The van der Waals surface area contributed by atoms with E-state index in [1.807, 2.05) is 0 Å². The first-order valence-corrected chi connectivity index (χ1v) is 7.85. The van der Waals surface area contributed by atoms with Crippen LogP contribution < -0.4 is 10.1 Å². The number of halogens is 1. The van der Waals surface area contributed by atoms with Crippen LogP contribution in [-0.2, 0) is 6.42 Å². The molecule has 0 radical (unpaired) electrons. The Morgan fingerprint density at radius 2 is 2.29 bits per heavy atom. The largest absolute Gasteiger partial charge is 0.488 e. The number of benzene rings is 1. The molecule has 1 atom stereocenters. The molecule has 1 unspecified atom stereocenters. The van der Waals surface area contributed by atoms with Crippen LogP contribution in [-0.4, -0.2) is 23.6 Å². The Morgan fingerprint density at radius 1 is 1.41 bits per heavy atom. The van der Waals surface area contributed by atoms with Gasteiger partial charge in [-0.05, 0) is 42.4 Å². The number of nitrogens with one attached hydrogen (secondary N) is 1. The number of alkyl halides is 1. The van der Waals surface area contributed by atoms with Gasteiger partial charge in [0.1, 0.15) is 11.9 Å². The topological polar surface area (TPSA) is 21.3 Å². The minimum Gasteiger partial charge on any atom is -0.488 e. The molecule has 1 aliphatic heterocycles. The molecule has 0 saturated carbocycles. The minimum atomic E-state index is 0.325. The molecule has 0 aromatic heterocycles. The molecule has 94 valence electrons. The van der Waals surface area contributed by atoms with Gasteiger partial charge in [-0.25, -0.2) is 0 Å². The molecule has 0 spiro atoms. The number of rotatable bonds is 6. The Balaban J connectivity index is 1.73. The zero-order chi connectivity index (χ0) is 12.1. The van der Waals surface area contributed by atoms with Gasteiger partial charge in [0.05, 0.1) is 0 Å². The van der Waals surface area contributed by atoms with E-state index in [2.05, 4.69) is 53.0 Å². The Morgan fingerprint density at radius 3 is 3.12 bits per heavy atom. The van der Waals surface area contributed by atoms with Gasteiger partial charge < -0.3 is 10.1 Å². The summed E-state index contributed by atoms with van der Waals surface area (Å²) in [6.45, 7) is 4.21. The quantitative estimate of drug-likeness (QED) is 0.486. The van der Waals surface area contributed by atoms with Gasteiger partial charge in [0, 0.05) is 13.0 Å². The average molecular weight is 345 g/mol. The van der Waals surface area contributed by atoms with Gasteiger partial charge in [0.2, 0.25) is 0 Å². The molecule has 1 aromatic rings. The highest BCUT2D eigenvalue weighted by molar-refractivity contribution is 14.1. The Kier molecular flexibility index (Phi) is 5.10. The predicted octanol–water partition coefficient (Wildman–Crippen LogP) is 3.10. The lowest BCUT2D eigenvalue weighted by Gasteiger charge is -2.11. The van der Waals surface area contributed by atoms with Gasteiger partial charge >= 0.3 is 0 Å². The fraction of sp³-hybridized carbons (Fsp3) is 0.571. The molecule has 1 N–H and O–H groups in total. The minimum absolute atomic E-state index is 0.325. The Hall–Kier alpha value is -0.290. The summed E-state index contributed by atoms with van der Waals surface area (Å²) in [6.07, 6.45) is 3.95. The van der Waals surface area contributed by atoms with Crippen molar-refractivity contribution in [1.82, 2.24) is 5.32 Å². The maximum Gasteiger partial charge on any atom is 0.123 e. The van der Waals surface area contributed by atoms with Crippen molar-refractivity contribution in [2.45, 2.75) is 32.3 Å². The van der Waals surface area contributed by atoms with E-state index >= 15 is 0 Å². The monoisotopic (exact) mass is 345 g/mol. The van der Waals surface area contributed by atoms with Crippen LogP contribution in [0.2, 0.25) is 0 Å².